The van der Waals surface area contributed by atoms with Crippen LogP contribution in [0, 0.1) is 0 Å². The van der Waals surface area contributed by atoms with E-state index in [0.717, 1.165) is 38.5 Å². The van der Waals surface area contributed by atoms with Crippen molar-refractivity contribution in [2.75, 3.05) is 72.7 Å². The van der Waals surface area contributed by atoms with Gasteiger partial charge in [-0.05, 0) is 31.4 Å². The van der Waals surface area contributed by atoms with Gasteiger partial charge < -0.3 is 38.3 Å². The SMILES string of the molecule is CCCCCCCCCCCCOc1cc(C(=O)OCCOCCOCCOCCO)cc(OCCCCCCCCCCCC)c1OCCCCCCCCCCCC. The van der Waals surface area contributed by atoms with Gasteiger partial charge >= 0.3 is 5.97 Å². The lowest BCUT2D eigenvalue weighted by atomic mass is 10.1. The van der Waals surface area contributed by atoms with Gasteiger partial charge in [0.05, 0.1) is 71.6 Å². The minimum absolute atomic E-state index is 0.000663. The molecule has 0 saturated heterocycles. The van der Waals surface area contributed by atoms with Crippen molar-refractivity contribution in [2.45, 2.75) is 213 Å². The van der Waals surface area contributed by atoms with Crippen molar-refractivity contribution in [3.8, 4) is 17.2 Å². The zero-order valence-electron chi connectivity index (χ0n) is 39.4. The third-order valence-corrected chi connectivity index (χ3v) is 11.0. The van der Waals surface area contributed by atoms with Crippen LogP contribution in [0.2, 0.25) is 0 Å². The number of rotatable bonds is 48. The predicted molar refractivity (Wildman–Crippen MR) is 248 cm³/mol. The summed E-state index contributed by atoms with van der Waals surface area (Å²) in [5.74, 6) is 1.28. The Morgan fingerprint density at radius 2 is 0.683 bits per heavy atom. The van der Waals surface area contributed by atoms with Gasteiger partial charge in [0, 0.05) is 0 Å². The lowest BCUT2D eigenvalue weighted by Gasteiger charge is -2.19. The Kier molecular flexibility index (Phi) is 41.9. The molecular formula is C51H94O9. The van der Waals surface area contributed by atoms with Gasteiger partial charge in [-0.25, -0.2) is 4.79 Å². The second kappa shape index (κ2) is 45.0. The third-order valence-electron chi connectivity index (χ3n) is 11.0. The fourth-order valence-electron chi connectivity index (χ4n) is 7.24. The number of unbranched alkanes of at least 4 members (excludes halogenated alkanes) is 27. The molecular weight excluding hydrogens is 757 g/mol. The molecule has 1 N–H and O–H groups in total. The molecule has 0 amide bonds. The van der Waals surface area contributed by atoms with Crippen LogP contribution in [-0.2, 0) is 18.9 Å². The van der Waals surface area contributed by atoms with Crippen molar-refractivity contribution < 1.29 is 43.1 Å². The van der Waals surface area contributed by atoms with Crippen molar-refractivity contribution in [1.82, 2.24) is 0 Å². The van der Waals surface area contributed by atoms with Crippen molar-refractivity contribution in [3.63, 3.8) is 0 Å². The Balaban J connectivity index is 2.86. The van der Waals surface area contributed by atoms with E-state index in [4.69, 9.17) is 38.3 Å². The molecule has 0 aliphatic heterocycles. The van der Waals surface area contributed by atoms with E-state index in [2.05, 4.69) is 20.8 Å². The number of aliphatic hydroxyl groups excluding tert-OH is 1. The largest absolute Gasteiger partial charge is 0.490 e. The Hall–Kier alpha value is -2.07. The molecule has 0 heterocycles. The topological polar surface area (TPSA) is 102 Å². The lowest BCUT2D eigenvalue weighted by molar-refractivity contribution is -0.00315. The van der Waals surface area contributed by atoms with Gasteiger partial charge in [0.15, 0.2) is 11.5 Å². The summed E-state index contributed by atoms with van der Waals surface area (Å²) >= 11 is 0. The smallest absolute Gasteiger partial charge is 0.338 e. The van der Waals surface area contributed by atoms with E-state index >= 15 is 0 Å². The lowest BCUT2D eigenvalue weighted by Crippen LogP contribution is -2.15. The fourth-order valence-corrected chi connectivity index (χ4v) is 7.24. The van der Waals surface area contributed by atoms with Crippen LogP contribution in [0.4, 0.5) is 0 Å². The second-order valence-corrected chi connectivity index (χ2v) is 16.6. The van der Waals surface area contributed by atoms with Crippen LogP contribution in [0.3, 0.4) is 0 Å². The van der Waals surface area contributed by atoms with E-state index in [-0.39, 0.29) is 19.8 Å². The van der Waals surface area contributed by atoms with Crippen LogP contribution < -0.4 is 14.2 Å². The first-order valence-corrected chi connectivity index (χ1v) is 25.2. The maximum absolute atomic E-state index is 13.4. The molecule has 60 heavy (non-hydrogen) atoms. The van der Waals surface area contributed by atoms with Gasteiger partial charge in [-0.15, -0.1) is 0 Å². The Morgan fingerprint density at radius 3 is 1.03 bits per heavy atom. The summed E-state index contributed by atoms with van der Waals surface area (Å²) < 4.78 is 41.3. The van der Waals surface area contributed by atoms with Crippen LogP contribution in [0.1, 0.15) is 224 Å². The maximum atomic E-state index is 13.4. The number of esters is 1. The molecule has 0 aromatic heterocycles. The van der Waals surface area contributed by atoms with E-state index in [1.54, 1.807) is 12.1 Å². The zero-order chi connectivity index (χ0) is 43.2. The molecule has 1 rings (SSSR count). The van der Waals surface area contributed by atoms with Crippen LogP contribution >= 0.6 is 0 Å². The molecule has 0 spiro atoms. The molecule has 0 aliphatic carbocycles. The first-order chi connectivity index (χ1) is 29.7. The van der Waals surface area contributed by atoms with E-state index in [9.17, 15) is 4.79 Å². The molecule has 1 aromatic rings. The van der Waals surface area contributed by atoms with Crippen LogP contribution in [0.25, 0.3) is 0 Å². The summed E-state index contributed by atoms with van der Waals surface area (Å²) in [6.45, 7) is 10.9. The second-order valence-electron chi connectivity index (χ2n) is 16.6. The molecule has 9 heteroatoms. The van der Waals surface area contributed by atoms with E-state index < -0.39 is 5.97 Å². The minimum Gasteiger partial charge on any atom is -0.490 e. The number of aliphatic hydroxyl groups is 1. The normalized spacial score (nSPS) is 11.3. The molecule has 1 aromatic carbocycles. The quantitative estimate of drug-likeness (QED) is 0.0507. The number of carbonyl (C=O) groups excluding carboxylic acids is 1. The average molecular weight is 851 g/mol. The van der Waals surface area contributed by atoms with Gasteiger partial charge in [-0.1, -0.05) is 194 Å². The highest BCUT2D eigenvalue weighted by Gasteiger charge is 2.20. The maximum Gasteiger partial charge on any atom is 0.338 e. The van der Waals surface area contributed by atoms with Crippen LogP contribution in [0.5, 0.6) is 17.2 Å². The Labute approximate surface area is 369 Å². The monoisotopic (exact) mass is 851 g/mol. The molecule has 352 valence electrons. The van der Waals surface area contributed by atoms with E-state index in [0.29, 0.717) is 75.7 Å². The molecule has 9 nitrogen and oxygen atoms in total. The Morgan fingerprint density at radius 1 is 0.383 bits per heavy atom. The van der Waals surface area contributed by atoms with Crippen molar-refractivity contribution in [3.05, 3.63) is 17.7 Å². The van der Waals surface area contributed by atoms with Crippen molar-refractivity contribution in [2.24, 2.45) is 0 Å². The van der Waals surface area contributed by atoms with Gasteiger partial charge in [-0.2, -0.15) is 0 Å². The molecule has 0 saturated carbocycles. The highest BCUT2D eigenvalue weighted by atomic mass is 16.6. The molecule has 0 atom stereocenters. The summed E-state index contributed by atoms with van der Waals surface area (Å²) in [5.41, 5.74) is 0.392. The van der Waals surface area contributed by atoms with Gasteiger partial charge in [-0.3, -0.25) is 0 Å². The fraction of sp³-hybridized carbons (Fsp3) is 0.863. The minimum atomic E-state index is -0.440. The zero-order valence-corrected chi connectivity index (χ0v) is 39.4. The number of hydrogen-bond acceptors (Lipinski definition) is 9. The first kappa shape index (κ1) is 55.9. The summed E-state index contributed by atoms with van der Waals surface area (Å²) in [7, 11) is 0. The van der Waals surface area contributed by atoms with Crippen molar-refractivity contribution >= 4 is 5.97 Å². The summed E-state index contributed by atoms with van der Waals surface area (Å²) in [6, 6.07) is 3.54. The molecule has 0 radical (unpaired) electrons. The van der Waals surface area contributed by atoms with Gasteiger partial charge in [0.1, 0.15) is 6.61 Å². The number of ether oxygens (including phenoxy) is 7. The standard InChI is InChI=1S/C51H94O9/c1-4-7-10-13-16-19-22-25-28-31-35-57-48-45-47(51(53)60-44-43-56-42-41-55-40-39-54-38-34-52)46-49(58-36-32-29-26-23-20-17-14-11-8-5-2)50(48)59-37-33-30-27-24-21-18-15-12-9-6-3/h45-46,52H,4-44H2,1-3H3. The Bertz CT molecular complexity index is 1000. The number of benzene rings is 1. The molecule has 0 bridgehead atoms. The predicted octanol–water partition coefficient (Wildman–Crippen LogP) is 13.8. The highest BCUT2D eigenvalue weighted by molar-refractivity contribution is 5.91. The molecule has 0 aliphatic rings. The summed E-state index contributed by atoms with van der Waals surface area (Å²) in [6.07, 6.45) is 37.8. The molecule has 0 fully saturated rings. The third kappa shape index (κ3) is 34.5. The van der Waals surface area contributed by atoms with E-state index in [1.807, 2.05) is 0 Å². The van der Waals surface area contributed by atoms with Crippen LogP contribution in [-0.4, -0.2) is 83.8 Å². The van der Waals surface area contributed by atoms with Gasteiger partial charge in [0.25, 0.3) is 0 Å². The average Bonchev–Trinajstić information content (AvgIpc) is 3.26. The van der Waals surface area contributed by atoms with Crippen molar-refractivity contribution in [1.29, 1.82) is 0 Å². The molecule has 0 unspecified atom stereocenters. The number of carbonyl (C=O) groups is 1. The number of hydrogen-bond donors (Lipinski definition) is 1. The highest BCUT2D eigenvalue weighted by Crippen LogP contribution is 2.40. The summed E-state index contributed by atoms with van der Waals surface area (Å²) in [4.78, 5) is 13.4. The van der Waals surface area contributed by atoms with Gasteiger partial charge in [0.2, 0.25) is 5.75 Å². The first-order valence-electron chi connectivity index (χ1n) is 25.2. The van der Waals surface area contributed by atoms with E-state index in [1.165, 1.54) is 154 Å². The summed E-state index contributed by atoms with van der Waals surface area (Å²) in [5, 5.41) is 8.78. The van der Waals surface area contributed by atoms with Crippen LogP contribution in [0.15, 0.2) is 12.1 Å².